The molecule has 0 heterocycles. The second-order valence-electron chi connectivity index (χ2n) is 7.62. The highest BCUT2D eigenvalue weighted by molar-refractivity contribution is 5.85. The number of phenols is 1. The topological polar surface area (TPSA) is 32.6 Å². The molecule has 0 bridgehead atoms. The quantitative estimate of drug-likeness (QED) is 0.466. The predicted molar refractivity (Wildman–Crippen MR) is 112 cm³/mol. The Morgan fingerprint density at radius 1 is 0.926 bits per heavy atom. The van der Waals surface area contributed by atoms with Crippen LogP contribution in [0.5, 0.6) is 5.75 Å². The van der Waals surface area contributed by atoms with Crippen LogP contribution in [0.2, 0.25) is 0 Å². The Morgan fingerprint density at radius 3 is 2.00 bits per heavy atom. The van der Waals surface area contributed by atoms with Crippen LogP contribution in [-0.2, 0) is 5.41 Å². The second kappa shape index (κ2) is 7.03. The van der Waals surface area contributed by atoms with E-state index in [0.717, 1.165) is 40.7 Å². The van der Waals surface area contributed by atoms with E-state index in [0.29, 0.717) is 11.8 Å². The number of hydrogen-bond donors (Lipinski definition) is 1. The van der Waals surface area contributed by atoms with E-state index in [4.69, 9.17) is 0 Å². The molecule has 0 amide bonds. The second-order valence-corrected chi connectivity index (χ2v) is 7.62. The lowest BCUT2D eigenvalue weighted by Crippen LogP contribution is -2.26. The van der Waals surface area contributed by atoms with Crippen molar-refractivity contribution in [1.82, 2.24) is 0 Å². The third kappa shape index (κ3) is 3.40. The Bertz CT molecular complexity index is 917. The van der Waals surface area contributed by atoms with E-state index in [9.17, 15) is 5.11 Å². The van der Waals surface area contributed by atoms with Gasteiger partial charge in [0.1, 0.15) is 5.75 Å². The van der Waals surface area contributed by atoms with Crippen molar-refractivity contribution in [2.45, 2.75) is 38.1 Å². The van der Waals surface area contributed by atoms with E-state index < -0.39 is 5.41 Å². The number of hydrogen-bond acceptors (Lipinski definition) is 2. The summed E-state index contributed by atoms with van der Waals surface area (Å²) in [5.41, 5.74) is 4.69. The van der Waals surface area contributed by atoms with Crippen LogP contribution in [-0.4, -0.2) is 17.4 Å². The molecule has 136 valence electrons. The Balaban J connectivity index is 1.93. The van der Waals surface area contributed by atoms with Gasteiger partial charge in [-0.3, -0.25) is 4.99 Å². The van der Waals surface area contributed by atoms with Gasteiger partial charge >= 0.3 is 0 Å². The van der Waals surface area contributed by atoms with Gasteiger partial charge < -0.3 is 5.11 Å². The summed E-state index contributed by atoms with van der Waals surface area (Å²) in [4.78, 5) is 4.59. The van der Waals surface area contributed by atoms with E-state index in [1.807, 2.05) is 24.4 Å². The van der Waals surface area contributed by atoms with Crippen molar-refractivity contribution < 1.29 is 5.11 Å². The molecule has 0 spiro atoms. The van der Waals surface area contributed by atoms with Crippen LogP contribution in [0.25, 0.3) is 0 Å². The fraction of sp³-hybridized carbons (Fsp3) is 0.240. The summed E-state index contributed by atoms with van der Waals surface area (Å²) in [6.45, 7) is 4.27. The average Bonchev–Trinajstić information content (AvgIpc) is 3.53. The molecule has 0 aliphatic heterocycles. The summed E-state index contributed by atoms with van der Waals surface area (Å²) in [6.07, 6.45) is 4.16. The smallest absolute Gasteiger partial charge is 0.128 e. The summed E-state index contributed by atoms with van der Waals surface area (Å²) in [6, 6.07) is 25.3. The largest absolute Gasteiger partial charge is 0.507 e. The lowest BCUT2D eigenvalue weighted by atomic mass is 9.70. The van der Waals surface area contributed by atoms with Crippen molar-refractivity contribution in [3.05, 3.63) is 101 Å². The molecule has 1 fully saturated rings. The molecule has 4 rings (SSSR count). The van der Waals surface area contributed by atoms with Crippen LogP contribution in [0.1, 0.15) is 47.6 Å². The van der Waals surface area contributed by atoms with Gasteiger partial charge in [0, 0.05) is 22.8 Å². The minimum atomic E-state index is -0.458. The Labute approximate surface area is 161 Å². The molecule has 2 nitrogen and oxygen atoms in total. The third-order valence-corrected chi connectivity index (χ3v) is 5.50. The zero-order valence-electron chi connectivity index (χ0n) is 15.9. The van der Waals surface area contributed by atoms with Crippen molar-refractivity contribution in [3.8, 4) is 5.75 Å². The summed E-state index contributed by atoms with van der Waals surface area (Å²) < 4.78 is 0. The molecule has 3 aromatic rings. The molecule has 0 saturated heterocycles. The first-order valence-corrected chi connectivity index (χ1v) is 9.57. The summed E-state index contributed by atoms with van der Waals surface area (Å²) in [5.74, 6) is 0.320. The number of aromatic hydroxyl groups is 1. The van der Waals surface area contributed by atoms with Crippen LogP contribution in [0.15, 0.2) is 77.8 Å². The predicted octanol–water partition coefficient (Wildman–Crippen LogP) is 5.64. The number of benzene rings is 3. The number of aliphatic imine (C=N–C) groups is 1. The molecule has 1 aliphatic rings. The van der Waals surface area contributed by atoms with Crippen molar-refractivity contribution in [3.63, 3.8) is 0 Å². The Kier molecular flexibility index (Phi) is 4.57. The van der Waals surface area contributed by atoms with Gasteiger partial charge in [-0.05, 0) is 49.4 Å². The fourth-order valence-corrected chi connectivity index (χ4v) is 3.72. The maximum atomic E-state index is 11.2. The first-order chi connectivity index (χ1) is 13.1. The van der Waals surface area contributed by atoms with E-state index in [2.05, 4.69) is 73.4 Å². The lowest BCUT2D eigenvalue weighted by molar-refractivity contribution is 0.456. The van der Waals surface area contributed by atoms with Gasteiger partial charge in [-0.1, -0.05) is 66.7 Å². The van der Waals surface area contributed by atoms with Gasteiger partial charge in [-0.25, -0.2) is 0 Å². The Morgan fingerprint density at radius 2 is 1.48 bits per heavy atom. The van der Waals surface area contributed by atoms with Gasteiger partial charge in [0.25, 0.3) is 0 Å². The number of phenolic OH excluding ortho intramolecular Hbond substituents is 1. The molecule has 1 saturated carbocycles. The van der Waals surface area contributed by atoms with Gasteiger partial charge in [-0.2, -0.15) is 0 Å². The van der Waals surface area contributed by atoms with Crippen LogP contribution in [0.4, 0.5) is 0 Å². The van der Waals surface area contributed by atoms with Gasteiger partial charge in [0.05, 0.1) is 6.04 Å². The zero-order chi connectivity index (χ0) is 18.9. The highest BCUT2D eigenvalue weighted by Gasteiger charge is 2.34. The van der Waals surface area contributed by atoms with Crippen molar-refractivity contribution in [1.29, 1.82) is 0 Å². The SMILES string of the molecule is Cc1cc(C=NC2CC2)c(O)c(C(C)(c2ccccc2)c2ccccc2)c1. The maximum Gasteiger partial charge on any atom is 0.128 e. The molecule has 0 radical (unpaired) electrons. The third-order valence-electron chi connectivity index (χ3n) is 5.50. The molecule has 2 heteroatoms. The van der Waals surface area contributed by atoms with Crippen molar-refractivity contribution in [2.75, 3.05) is 0 Å². The fourth-order valence-electron chi connectivity index (χ4n) is 3.72. The summed E-state index contributed by atoms with van der Waals surface area (Å²) >= 11 is 0. The monoisotopic (exact) mass is 355 g/mol. The van der Waals surface area contributed by atoms with Crippen LogP contribution in [0.3, 0.4) is 0 Å². The molecular weight excluding hydrogens is 330 g/mol. The van der Waals surface area contributed by atoms with E-state index in [1.54, 1.807) is 0 Å². The van der Waals surface area contributed by atoms with E-state index in [-0.39, 0.29) is 0 Å². The van der Waals surface area contributed by atoms with E-state index >= 15 is 0 Å². The molecule has 1 N–H and O–H groups in total. The van der Waals surface area contributed by atoms with Crippen LogP contribution >= 0.6 is 0 Å². The molecule has 27 heavy (non-hydrogen) atoms. The standard InChI is InChI=1S/C25H25NO/c1-18-15-19(17-26-22-13-14-22)24(27)23(16-18)25(2,20-9-5-3-6-10-20)21-11-7-4-8-12-21/h3-12,15-17,22,27H,13-14H2,1-2H3. The molecule has 0 unspecified atom stereocenters. The number of aryl methyl sites for hydroxylation is 1. The minimum absolute atomic E-state index is 0.320. The van der Waals surface area contributed by atoms with Crippen LogP contribution in [0, 0.1) is 6.92 Å². The zero-order valence-corrected chi connectivity index (χ0v) is 15.9. The molecule has 1 aliphatic carbocycles. The van der Waals surface area contributed by atoms with Crippen molar-refractivity contribution in [2.24, 2.45) is 4.99 Å². The summed E-state index contributed by atoms with van der Waals surface area (Å²) in [7, 11) is 0. The minimum Gasteiger partial charge on any atom is -0.507 e. The molecular formula is C25H25NO. The first-order valence-electron chi connectivity index (χ1n) is 9.57. The van der Waals surface area contributed by atoms with E-state index in [1.165, 1.54) is 0 Å². The molecule has 0 aromatic heterocycles. The normalized spacial score (nSPS) is 14.6. The highest BCUT2D eigenvalue weighted by Crippen LogP contribution is 2.44. The molecule has 0 atom stereocenters. The summed E-state index contributed by atoms with van der Waals surface area (Å²) in [5, 5.41) is 11.2. The van der Waals surface area contributed by atoms with Crippen LogP contribution < -0.4 is 0 Å². The number of rotatable bonds is 5. The van der Waals surface area contributed by atoms with Crippen molar-refractivity contribution >= 4 is 6.21 Å². The maximum absolute atomic E-state index is 11.2. The molecule has 3 aromatic carbocycles. The van der Waals surface area contributed by atoms with Gasteiger partial charge in [0.2, 0.25) is 0 Å². The highest BCUT2D eigenvalue weighted by atomic mass is 16.3. The van der Waals surface area contributed by atoms with Gasteiger partial charge in [0.15, 0.2) is 0 Å². The average molecular weight is 355 g/mol. The Hall–Kier alpha value is -2.87. The van der Waals surface area contributed by atoms with Gasteiger partial charge in [-0.15, -0.1) is 0 Å². The lowest BCUT2D eigenvalue weighted by Gasteiger charge is -2.33. The first kappa shape index (κ1) is 17.5. The number of nitrogens with zero attached hydrogens (tertiary/aromatic N) is 1.